The molecule has 4 heteroatoms. The number of rotatable bonds is 3. The molecule has 1 heterocycles. The third kappa shape index (κ3) is 3.16. The molecule has 0 amide bonds. The predicted molar refractivity (Wildman–Crippen MR) is 57.5 cm³/mol. The second-order valence-electron chi connectivity index (χ2n) is 2.97. The lowest BCUT2D eigenvalue weighted by atomic mass is 10.2. The summed E-state index contributed by atoms with van der Waals surface area (Å²) in [6.07, 6.45) is 0. The molecule has 0 radical (unpaired) electrons. The summed E-state index contributed by atoms with van der Waals surface area (Å²) in [5, 5.41) is 1.50. The molecule has 0 unspecified atom stereocenters. The molecule has 0 aliphatic carbocycles. The highest BCUT2D eigenvalue weighted by Gasteiger charge is 2.06. The van der Waals surface area contributed by atoms with Crippen LogP contribution in [-0.4, -0.2) is 15.7 Å². The summed E-state index contributed by atoms with van der Waals surface area (Å²) in [5.41, 5.74) is 0. The Bertz CT molecular complexity index is 289. The summed E-state index contributed by atoms with van der Waals surface area (Å²) in [6.45, 7) is 6.22. The topological polar surface area (TPSA) is 25.8 Å². The first kappa shape index (κ1) is 10.8. The van der Waals surface area contributed by atoms with Crippen LogP contribution in [0.5, 0.6) is 0 Å². The Morgan fingerprint density at radius 3 is 2.69 bits per heavy atom. The smallest absolute Gasteiger partial charge is 0.133 e. The van der Waals surface area contributed by atoms with Gasteiger partial charge in [0.1, 0.15) is 16.0 Å². The van der Waals surface area contributed by atoms with E-state index in [1.165, 1.54) is 0 Å². The molecular formula is C9H13ClN2S. The Morgan fingerprint density at radius 2 is 2.15 bits per heavy atom. The van der Waals surface area contributed by atoms with Gasteiger partial charge in [0.05, 0.1) is 0 Å². The fourth-order valence-corrected chi connectivity index (χ4v) is 1.80. The minimum atomic E-state index is 0.329. The van der Waals surface area contributed by atoms with Crippen molar-refractivity contribution >= 4 is 23.4 Å². The fourth-order valence-electron chi connectivity index (χ4n) is 0.894. The van der Waals surface area contributed by atoms with Crippen molar-refractivity contribution in [3.63, 3.8) is 0 Å². The fraction of sp³-hybridized carbons (Fsp3) is 0.556. The van der Waals surface area contributed by atoms with Gasteiger partial charge in [0.2, 0.25) is 0 Å². The maximum absolute atomic E-state index is 5.87. The van der Waals surface area contributed by atoms with Crippen LogP contribution < -0.4 is 0 Å². The average molecular weight is 217 g/mol. The van der Waals surface area contributed by atoms with Crippen molar-refractivity contribution in [1.82, 2.24) is 9.97 Å². The van der Waals surface area contributed by atoms with E-state index in [2.05, 4.69) is 30.7 Å². The van der Waals surface area contributed by atoms with Gasteiger partial charge in [0.15, 0.2) is 0 Å². The minimum Gasteiger partial charge on any atom is -0.226 e. The van der Waals surface area contributed by atoms with E-state index < -0.39 is 0 Å². The zero-order valence-corrected chi connectivity index (χ0v) is 9.61. The highest BCUT2D eigenvalue weighted by molar-refractivity contribution is 7.99. The Hall–Kier alpha value is -0.280. The maximum Gasteiger partial charge on any atom is 0.133 e. The van der Waals surface area contributed by atoms with Gasteiger partial charge in [-0.15, -0.1) is 11.8 Å². The van der Waals surface area contributed by atoms with Crippen molar-refractivity contribution in [3.8, 4) is 0 Å². The third-order valence-corrected chi connectivity index (χ3v) is 2.48. The molecule has 0 aliphatic heterocycles. The summed E-state index contributed by atoms with van der Waals surface area (Å²) < 4.78 is 0. The first-order valence-electron chi connectivity index (χ1n) is 4.30. The van der Waals surface area contributed by atoms with Crippen LogP contribution in [0.15, 0.2) is 11.1 Å². The van der Waals surface area contributed by atoms with Gasteiger partial charge in [-0.05, 0) is 5.75 Å². The van der Waals surface area contributed by atoms with Gasteiger partial charge >= 0.3 is 0 Å². The van der Waals surface area contributed by atoms with E-state index >= 15 is 0 Å². The number of aromatic nitrogens is 2. The molecule has 13 heavy (non-hydrogen) atoms. The van der Waals surface area contributed by atoms with Crippen LogP contribution in [0, 0.1) is 0 Å². The molecule has 2 nitrogen and oxygen atoms in total. The van der Waals surface area contributed by atoms with Crippen molar-refractivity contribution in [2.75, 3.05) is 5.75 Å². The standard InChI is InChI=1S/C9H13ClN2S/c1-4-13-8-5-7(10)11-9(12-8)6(2)3/h5-6H,4H2,1-3H3. The van der Waals surface area contributed by atoms with Crippen LogP contribution in [0.1, 0.15) is 32.5 Å². The number of halogens is 1. The van der Waals surface area contributed by atoms with Crippen molar-refractivity contribution in [3.05, 3.63) is 17.0 Å². The van der Waals surface area contributed by atoms with Crippen molar-refractivity contribution in [2.24, 2.45) is 0 Å². The second kappa shape index (κ2) is 4.82. The lowest BCUT2D eigenvalue weighted by Crippen LogP contribution is -1.98. The van der Waals surface area contributed by atoms with Crippen molar-refractivity contribution in [1.29, 1.82) is 0 Å². The molecule has 1 aromatic rings. The Kier molecular flexibility index (Phi) is 4.00. The van der Waals surface area contributed by atoms with Crippen LogP contribution in [-0.2, 0) is 0 Å². The van der Waals surface area contributed by atoms with Gasteiger partial charge in [0, 0.05) is 12.0 Å². The monoisotopic (exact) mass is 216 g/mol. The molecule has 0 bridgehead atoms. The van der Waals surface area contributed by atoms with Crippen LogP contribution >= 0.6 is 23.4 Å². The molecule has 1 rings (SSSR count). The van der Waals surface area contributed by atoms with Gasteiger partial charge in [0.25, 0.3) is 0 Å². The van der Waals surface area contributed by atoms with Crippen molar-refractivity contribution < 1.29 is 0 Å². The summed E-state index contributed by atoms with van der Waals surface area (Å²) in [6, 6.07) is 1.81. The van der Waals surface area contributed by atoms with E-state index in [-0.39, 0.29) is 0 Å². The SMILES string of the molecule is CCSc1cc(Cl)nc(C(C)C)n1. The Labute approximate surface area is 88.1 Å². The summed E-state index contributed by atoms with van der Waals surface area (Å²) in [4.78, 5) is 8.55. The molecule has 0 N–H and O–H groups in total. The molecule has 0 atom stereocenters. The normalized spacial score (nSPS) is 10.8. The molecule has 0 aliphatic rings. The average Bonchev–Trinajstić information content (AvgIpc) is 2.03. The van der Waals surface area contributed by atoms with Gasteiger partial charge in [-0.1, -0.05) is 32.4 Å². The third-order valence-electron chi connectivity index (χ3n) is 1.50. The van der Waals surface area contributed by atoms with E-state index in [0.29, 0.717) is 11.1 Å². The predicted octanol–water partition coefficient (Wildman–Crippen LogP) is 3.37. The molecular weight excluding hydrogens is 204 g/mol. The Balaban J connectivity index is 2.96. The Morgan fingerprint density at radius 1 is 1.46 bits per heavy atom. The maximum atomic E-state index is 5.87. The summed E-state index contributed by atoms with van der Waals surface area (Å²) in [7, 11) is 0. The van der Waals surface area contributed by atoms with Crippen LogP contribution in [0.25, 0.3) is 0 Å². The van der Waals surface area contributed by atoms with Crippen LogP contribution in [0.3, 0.4) is 0 Å². The number of nitrogens with zero attached hydrogens (tertiary/aromatic N) is 2. The lowest BCUT2D eigenvalue weighted by molar-refractivity contribution is 0.753. The number of hydrogen-bond acceptors (Lipinski definition) is 3. The molecule has 72 valence electrons. The molecule has 0 aromatic carbocycles. The van der Waals surface area contributed by atoms with Gasteiger partial charge in [-0.3, -0.25) is 0 Å². The minimum absolute atomic E-state index is 0.329. The van der Waals surface area contributed by atoms with E-state index in [0.717, 1.165) is 16.6 Å². The van der Waals surface area contributed by atoms with Gasteiger partial charge in [-0.25, -0.2) is 9.97 Å². The molecule has 0 saturated carbocycles. The quantitative estimate of drug-likeness (QED) is 0.573. The molecule has 1 aromatic heterocycles. The summed E-state index contributed by atoms with van der Waals surface area (Å²) in [5.74, 6) is 2.16. The van der Waals surface area contributed by atoms with E-state index in [4.69, 9.17) is 11.6 Å². The van der Waals surface area contributed by atoms with E-state index in [1.54, 1.807) is 11.8 Å². The van der Waals surface area contributed by atoms with Gasteiger partial charge in [-0.2, -0.15) is 0 Å². The molecule has 0 saturated heterocycles. The van der Waals surface area contributed by atoms with Crippen molar-refractivity contribution in [2.45, 2.75) is 31.7 Å². The second-order valence-corrected chi connectivity index (χ2v) is 4.65. The zero-order chi connectivity index (χ0) is 9.84. The largest absolute Gasteiger partial charge is 0.226 e. The first-order valence-corrected chi connectivity index (χ1v) is 5.67. The number of hydrogen-bond donors (Lipinski definition) is 0. The van der Waals surface area contributed by atoms with Gasteiger partial charge < -0.3 is 0 Å². The van der Waals surface area contributed by atoms with Crippen LogP contribution in [0.2, 0.25) is 5.15 Å². The first-order chi connectivity index (χ1) is 6.13. The zero-order valence-electron chi connectivity index (χ0n) is 8.04. The molecule has 0 fully saturated rings. The number of thioether (sulfide) groups is 1. The van der Waals surface area contributed by atoms with E-state index in [9.17, 15) is 0 Å². The lowest BCUT2D eigenvalue weighted by Gasteiger charge is -2.05. The molecule has 0 spiro atoms. The van der Waals surface area contributed by atoms with Crippen LogP contribution in [0.4, 0.5) is 0 Å². The summed E-state index contributed by atoms with van der Waals surface area (Å²) >= 11 is 7.55. The highest BCUT2D eigenvalue weighted by atomic mass is 35.5. The van der Waals surface area contributed by atoms with E-state index in [1.807, 2.05) is 6.07 Å². The highest BCUT2D eigenvalue weighted by Crippen LogP contribution is 2.20.